The summed E-state index contributed by atoms with van der Waals surface area (Å²) in [7, 11) is 0. The van der Waals surface area contributed by atoms with Gasteiger partial charge in [-0.1, -0.05) is 23.8 Å². The molecule has 1 N–H and O–H groups in total. The van der Waals surface area contributed by atoms with Crippen LogP contribution in [0, 0.1) is 13.8 Å². The molecule has 1 aliphatic heterocycles. The highest BCUT2D eigenvalue weighted by Crippen LogP contribution is 2.20. The van der Waals surface area contributed by atoms with Crippen LogP contribution in [-0.4, -0.2) is 32.2 Å². The van der Waals surface area contributed by atoms with E-state index in [0.29, 0.717) is 5.56 Å². The molecular formula is C21H26N2O2. The van der Waals surface area contributed by atoms with Gasteiger partial charge in [-0.3, -0.25) is 4.79 Å². The SMILES string of the molecule is Cc1ccc(C)c([C@H](C)NC(=O)c2ccc(N3CCOCC3)cc2)c1. The first-order valence-corrected chi connectivity index (χ1v) is 8.85. The highest BCUT2D eigenvalue weighted by molar-refractivity contribution is 5.94. The average molecular weight is 338 g/mol. The van der Waals surface area contributed by atoms with Crippen LogP contribution >= 0.6 is 0 Å². The molecule has 1 amide bonds. The van der Waals surface area contributed by atoms with Crippen molar-refractivity contribution in [3.05, 3.63) is 64.7 Å². The quantitative estimate of drug-likeness (QED) is 0.925. The summed E-state index contributed by atoms with van der Waals surface area (Å²) in [5.41, 5.74) is 5.40. The summed E-state index contributed by atoms with van der Waals surface area (Å²) in [5, 5.41) is 3.11. The first kappa shape index (κ1) is 17.5. The number of benzene rings is 2. The Kier molecular flexibility index (Phi) is 5.39. The minimum Gasteiger partial charge on any atom is -0.378 e. The molecule has 0 saturated carbocycles. The van der Waals surface area contributed by atoms with E-state index in [9.17, 15) is 4.79 Å². The molecule has 2 aromatic rings. The van der Waals surface area contributed by atoms with Crippen LogP contribution in [0.25, 0.3) is 0 Å². The molecule has 4 heteroatoms. The maximum atomic E-state index is 12.6. The van der Waals surface area contributed by atoms with E-state index in [1.807, 2.05) is 31.2 Å². The lowest BCUT2D eigenvalue weighted by Crippen LogP contribution is -2.36. The van der Waals surface area contributed by atoms with Gasteiger partial charge in [0.15, 0.2) is 0 Å². The number of nitrogens with one attached hydrogen (secondary N) is 1. The number of hydrogen-bond acceptors (Lipinski definition) is 3. The van der Waals surface area contributed by atoms with Gasteiger partial charge in [0.25, 0.3) is 5.91 Å². The van der Waals surface area contributed by atoms with Crippen molar-refractivity contribution >= 4 is 11.6 Å². The number of carbonyl (C=O) groups excluding carboxylic acids is 1. The molecule has 0 radical (unpaired) electrons. The zero-order valence-corrected chi connectivity index (χ0v) is 15.2. The second-order valence-corrected chi connectivity index (χ2v) is 6.70. The number of morpholine rings is 1. The standard InChI is InChI=1S/C21H26N2O2/c1-15-4-5-16(2)20(14-15)17(3)22-21(24)18-6-8-19(9-7-18)23-10-12-25-13-11-23/h4-9,14,17H,10-13H2,1-3H3,(H,22,24)/t17-/m0/s1. The lowest BCUT2D eigenvalue weighted by Gasteiger charge is -2.28. The van der Waals surface area contributed by atoms with E-state index in [2.05, 4.69) is 42.3 Å². The third-order valence-electron chi connectivity index (χ3n) is 4.75. The molecular weight excluding hydrogens is 312 g/mol. The zero-order valence-electron chi connectivity index (χ0n) is 15.2. The molecule has 25 heavy (non-hydrogen) atoms. The van der Waals surface area contributed by atoms with Crippen molar-refractivity contribution < 1.29 is 9.53 Å². The van der Waals surface area contributed by atoms with Gasteiger partial charge >= 0.3 is 0 Å². The highest BCUT2D eigenvalue weighted by atomic mass is 16.5. The van der Waals surface area contributed by atoms with E-state index in [0.717, 1.165) is 32.0 Å². The summed E-state index contributed by atoms with van der Waals surface area (Å²) in [5.74, 6) is -0.0399. The van der Waals surface area contributed by atoms with Gasteiger partial charge in [0, 0.05) is 24.3 Å². The predicted octanol–water partition coefficient (Wildman–Crippen LogP) is 3.63. The molecule has 1 heterocycles. The van der Waals surface area contributed by atoms with Crippen molar-refractivity contribution in [1.29, 1.82) is 0 Å². The fraction of sp³-hybridized carbons (Fsp3) is 0.381. The van der Waals surface area contributed by atoms with E-state index in [-0.39, 0.29) is 11.9 Å². The number of carbonyl (C=O) groups is 1. The van der Waals surface area contributed by atoms with Crippen LogP contribution in [0.1, 0.15) is 40.0 Å². The Balaban J connectivity index is 1.67. The van der Waals surface area contributed by atoms with Crippen LogP contribution in [0.4, 0.5) is 5.69 Å². The largest absolute Gasteiger partial charge is 0.378 e. The zero-order chi connectivity index (χ0) is 17.8. The fourth-order valence-electron chi connectivity index (χ4n) is 3.23. The first-order valence-electron chi connectivity index (χ1n) is 8.85. The molecule has 0 spiro atoms. The molecule has 1 saturated heterocycles. The van der Waals surface area contributed by atoms with Crippen molar-refractivity contribution in [2.75, 3.05) is 31.2 Å². The van der Waals surface area contributed by atoms with Crippen LogP contribution in [0.2, 0.25) is 0 Å². The fourth-order valence-corrected chi connectivity index (χ4v) is 3.23. The van der Waals surface area contributed by atoms with Gasteiger partial charge in [0.2, 0.25) is 0 Å². The molecule has 2 aromatic carbocycles. The van der Waals surface area contributed by atoms with Crippen LogP contribution in [0.3, 0.4) is 0 Å². The van der Waals surface area contributed by atoms with Gasteiger partial charge in [0.1, 0.15) is 0 Å². The second-order valence-electron chi connectivity index (χ2n) is 6.70. The molecule has 0 bridgehead atoms. The second kappa shape index (κ2) is 7.70. The number of hydrogen-bond donors (Lipinski definition) is 1. The lowest BCUT2D eigenvalue weighted by atomic mass is 9.99. The number of rotatable bonds is 4. The Hall–Kier alpha value is -2.33. The maximum Gasteiger partial charge on any atom is 0.251 e. The minimum absolute atomic E-state index is 0.0219. The van der Waals surface area contributed by atoms with Crippen LogP contribution in [0.5, 0.6) is 0 Å². The lowest BCUT2D eigenvalue weighted by molar-refractivity contribution is 0.0939. The number of ether oxygens (including phenoxy) is 1. The van der Waals surface area contributed by atoms with Crippen LogP contribution < -0.4 is 10.2 Å². The van der Waals surface area contributed by atoms with Gasteiger partial charge in [-0.2, -0.15) is 0 Å². The Labute approximate surface area is 149 Å². The van der Waals surface area contributed by atoms with Crippen molar-refractivity contribution in [2.45, 2.75) is 26.8 Å². The van der Waals surface area contributed by atoms with Gasteiger partial charge in [0.05, 0.1) is 19.3 Å². The van der Waals surface area contributed by atoms with Crippen molar-refractivity contribution in [2.24, 2.45) is 0 Å². The van der Waals surface area contributed by atoms with Crippen molar-refractivity contribution in [3.8, 4) is 0 Å². The Morgan fingerprint density at radius 3 is 2.44 bits per heavy atom. The van der Waals surface area contributed by atoms with Gasteiger partial charge in [-0.15, -0.1) is 0 Å². The molecule has 3 rings (SSSR count). The number of aryl methyl sites for hydroxylation is 2. The van der Waals surface area contributed by atoms with Crippen LogP contribution in [0.15, 0.2) is 42.5 Å². The maximum absolute atomic E-state index is 12.6. The summed E-state index contributed by atoms with van der Waals surface area (Å²) < 4.78 is 5.38. The number of amides is 1. The van der Waals surface area contributed by atoms with Gasteiger partial charge in [-0.25, -0.2) is 0 Å². The molecule has 0 aliphatic carbocycles. The van der Waals surface area contributed by atoms with E-state index >= 15 is 0 Å². The van der Waals surface area contributed by atoms with Crippen molar-refractivity contribution in [1.82, 2.24) is 5.32 Å². The molecule has 4 nitrogen and oxygen atoms in total. The predicted molar refractivity (Wildman–Crippen MR) is 101 cm³/mol. The Morgan fingerprint density at radius 1 is 1.08 bits per heavy atom. The van der Waals surface area contributed by atoms with Gasteiger partial charge < -0.3 is 15.0 Å². The van der Waals surface area contributed by atoms with Crippen molar-refractivity contribution in [3.63, 3.8) is 0 Å². The molecule has 0 aromatic heterocycles. The Bertz CT molecular complexity index is 734. The summed E-state index contributed by atoms with van der Waals surface area (Å²) >= 11 is 0. The summed E-state index contributed by atoms with van der Waals surface area (Å²) in [4.78, 5) is 14.8. The van der Waals surface area contributed by atoms with E-state index in [1.165, 1.54) is 16.7 Å². The van der Waals surface area contributed by atoms with Gasteiger partial charge in [-0.05, 0) is 56.2 Å². The smallest absolute Gasteiger partial charge is 0.251 e. The number of anilines is 1. The molecule has 1 aliphatic rings. The van der Waals surface area contributed by atoms with E-state index in [4.69, 9.17) is 4.74 Å². The molecule has 1 atom stereocenters. The highest BCUT2D eigenvalue weighted by Gasteiger charge is 2.15. The van der Waals surface area contributed by atoms with E-state index in [1.54, 1.807) is 0 Å². The monoisotopic (exact) mass is 338 g/mol. The van der Waals surface area contributed by atoms with E-state index < -0.39 is 0 Å². The molecule has 132 valence electrons. The topological polar surface area (TPSA) is 41.6 Å². The normalized spacial score (nSPS) is 15.7. The third kappa shape index (κ3) is 4.20. The first-order chi connectivity index (χ1) is 12.0. The molecule has 0 unspecified atom stereocenters. The minimum atomic E-state index is -0.0399. The summed E-state index contributed by atoms with van der Waals surface area (Å²) in [6.07, 6.45) is 0. The Morgan fingerprint density at radius 2 is 1.76 bits per heavy atom. The van der Waals surface area contributed by atoms with Crippen LogP contribution in [-0.2, 0) is 4.74 Å². The summed E-state index contributed by atoms with van der Waals surface area (Å²) in [6, 6.07) is 14.1. The summed E-state index contributed by atoms with van der Waals surface area (Å²) in [6.45, 7) is 9.49. The average Bonchev–Trinajstić information content (AvgIpc) is 2.64. The number of nitrogens with zero attached hydrogens (tertiary/aromatic N) is 1. The molecule has 1 fully saturated rings. The third-order valence-corrected chi connectivity index (χ3v) is 4.75.